The molecule has 0 saturated heterocycles. The van der Waals surface area contributed by atoms with E-state index < -0.39 is 28.5 Å². The summed E-state index contributed by atoms with van der Waals surface area (Å²) in [5.74, 6) is -0.251. The number of carbonyl (C=O) groups is 2. The van der Waals surface area contributed by atoms with Crippen molar-refractivity contribution in [1.82, 2.24) is 10.2 Å². The molecule has 0 bridgehead atoms. The van der Waals surface area contributed by atoms with Crippen molar-refractivity contribution in [2.75, 3.05) is 25.1 Å². The monoisotopic (exact) mass is 567 g/mol. The Bertz CT molecular complexity index is 1380. The van der Waals surface area contributed by atoms with Crippen molar-refractivity contribution >= 4 is 27.5 Å². The van der Waals surface area contributed by atoms with E-state index in [0.29, 0.717) is 5.75 Å². The number of anilines is 1. The number of nitrogens with zero attached hydrogens (tertiary/aromatic N) is 2. The maximum Gasteiger partial charge on any atom is 0.264 e. The highest BCUT2D eigenvalue weighted by Crippen LogP contribution is 2.36. The molecule has 3 aromatic rings. The van der Waals surface area contributed by atoms with Gasteiger partial charge in [0.05, 0.1) is 24.8 Å². The standard InChI is InChI=1S/C30H37N3O6S/c1-6-22(2)31-30(35)23(3)32(20-24-13-9-7-10-14-24)29(34)21-33(40(36,37)26-15-11-8-12-16-26)27-19-25(38-4)17-18-28(27)39-5/h7-19,22-23H,6,20-21H2,1-5H3,(H,31,35)/t22-,23+/m1/s1. The highest BCUT2D eigenvalue weighted by Gasteiger charge is 2.34. The topological polar surface area (TPSA) is 105 Å². The van der Waals surface area contributed by atoms with E-state index in [-0.39, 0.29) is 34.8 Å². The van der Waals surface area contributed by atoms with Crippen molar-refractivity contribution in [2.45, 2.75) is 50.7 Å². The summed E-state index contributed by atoms with van der Waals surface area (Å²) in [5, 5.41) is 2.92. The van der Waals surface area contributed by atoms with E-state index in [1.165, 1.54) is 37.3 Å². The maximum absolute atomic E-state index is 14.0. The first-order valence-electron chi connectivity index (χ1n) is 13.1. The van der Waals surface area contributed by atoms with Gasteiger partial charge >= 0.3 is 0 Å². The van der Waals surface area contributed by atoms with Gasteiger partial charge in [0.2, 0.25) is 11.8 Å². The smallest absolute Gasteiger partial charge is 0.264 e. The molecule has 0 aliphatic carbocycles. The lowest BCUT2D eigenvalue weighted by molar-refractivity contribution is -0.139. The van der Waals surface area contributed by atoms with Crippen LogP contribution in [0.5, 0.6) is 11.5 Å². The molecule has 0 unspecified atom stereocenters. The molecule has 0 heterocycles. The van der Waals surface area contributed by atoms with E-state index in [1.807, 2.05) is 44.2 Å². The minimum Gasteiger partial charge on any atom is -0.497 e. The van der Waals surface area contributed by atoms with Crippen molar-refractivity contribution in [2.24, 2.45) is 0 Å². The Balaban J connectivity index is 2.09. The fourth-order valence-corrected chi connectivity index (χ4v) is 5.49. The summed E-state index contributed by atoms with van der Waals surface area (Å²) in [6.07, 6.45) is 0.726. The van der Waals surface area contributed by atoms with Crippen LogP contribution in [0.4, 0.5) is 5.69 Å². The number of rotatable bonds is 13. The second-order valence-corrected chi connectivity index (χ2v) is 11.2. The SMILES string of the molecule is CC[C@@H](C)NC(=O)[C@H](C)N(Cc1ccccc1)C(=O)CN(c1cc(OC)ccc1OC)S(=O)(=O)c1ccccc1. The molecule has 0 saturated carbocycles. The van der Waals surface area contributed by atoms with Gasteiger partial charge in [-0.15, -0.1) is 0 Å². The van der Waals surface area contributed by atoms with Crippen LogP contribution < -0.4 is 19.1 Å². The van der Waals surface area contributed by atoms with Crippen LogP contribution in [0.2, 0.25) is 0 Å². The third-order valence-electron chi connectivity index (χ3n) is 6.63. The van der Waals surface area contributed by atoms with Gasteiger partial charge in [-0.1, -0.05) is 55.5 Å². The van der Waals surface area contributed by atoms with Gasteiger partial charge in [-0.05, 0) is 50.1 Å². The number of amides is 2. The molecule has 2 atom stereocenters. The van der Waals surface area contributed by atoms with Crippen LogP contribution in [-0.4, -0.2) is 58.0 Å². The Morgan fingerprint density at radius 2 is 1.52 bits per heavy atom. The van der Waals surface area contributed by atoms with Gasteiger partial charge in [0.1, 0.15) is 24.1 Å². The molecule has 0 fully saturated rings. The summed E-state index contributed by atoms with van der Waals surface area (Å²) >= 11 is 0. The highest BCUT2D eigenvalue weighted by atomic mass is 32.2. The van der Waals surface area contributed by atoms with Crippen molar-refractivity contribution in [3.8, 4) is 11.5 Å². The largest absolute Gasteiger partial charge is 0.497 e. The molecule has 0 spiro atoms. The van der Waals surface area contributed by atoms with Gasteiger partial charge in [-0.3, -0.25) is 13.9 Å². The quantitative estimate of drug-likeness (QED) is 0.332. The van der Waals surface area contributed by atoms with Gasteiger partial charge in [-0.2, -0.15) is 0 Å². The predicted octanol–water partition coefficient (Wildman–Crippen LogP) is 4.23. The zero-order valence-corrected chi connectivity index (χ0v) is 24.4. The first-order valence-corrected chi connectivity index (χ1v) is 14.5. The molecule has 40 heavy (non-hydrogen) atoms. The molecule has 10 heteroatoms. The van der Waals surface area contributed by atoms with E-state index in [1.54, 1.807) is 37.3 Å². The van der Waals surface area contributed by atoms with E-state index in [9.17, 15) is 18.0 Å². The fourth-order valence-electron chi connectivity index (χ4n) is 4.05. The third-order valence-corrected chi connectivity index (χ3v) is 8.40. The average molecular weight is 568 g/mol. The average Bonchev–Trinajstić information content (AvgIpc) is 2.98. The summed E-state index contributed by atoms with van der Waals surface area (Å²) in [6, 6.07) is 20.9. The Hall–Kier alpha value is -4.05. The normalized spacial score (nSPS) is 12.6. The molecule has 3 aromatic carbocycles. The lowest BCUT2D eigenvalue weighted by atomic mass is 10.1. The second kappa shape index (κ2) is 13.8. The minimum absolute atomic E-state index is 0.00449. The summed E-state index contributed by atoms with van der Waals surface area (Å²) in [4.78, 5) is 28.6. The lowest BCUT2D eigenvalue weighted by Gasteiger charge is -2.33. The Morgan fingerprint density at radius 1 is 0.900 bits per heavy atom. The Labute approximate surface area is 236 Å². The molecule has 1 N–H and O–H groups in total. The van der Waals surface area contributed by atoms with Crippen molar-refractivity contribution in [3.05, 3.63) is 84.4 Å². The minimum atomic E-state index is -4.23. The molecule has 9 nitrogen and oxygen atoms in total. The number of sulfonamides is 1. The summed E-state index contributed by atoms with van der Waals surface area (Å²) in [6.45, 7) is 5.02. The summed E-state index contributed by atoms with van der Waals surface area (Å²) in [7, 11) is -1.35. The lowest BCUT2D eigenvalue weighted by Crippen LogP contribution is -2.52. The summed E-state index contributed by atoms with van der Waals surface area (Å²) in [5.41, 5.74) is 0.936. The zero-order chi connectivity index (χ0) is 29.3. The Morgan fingerprint density at radius 3 is 2.10 bits per heavy atom. The summed E-state index contributed by atoms with van der Waals surface area (Å²) < 4.78 is 39.8. The molecule has 0 aromatic heterocycles. The van der Waals surface area contributed by atoms with E-state index in [4.69, 9.17) is 9.47 Å². The predicted molar refractivity (Wildman–Crippen MR) is 155 cm³/mol. The van der Waals surface area contributed by atoms with Crippen LogP contribution in [0.25, 0.3) is 0 Å². The molecule has 0 aliphatic heterocycles. The molecular weight excluding hydrogens is 530 g/mol. The number of nitrogens with one attached hydrogen (secondary N) is 1. The van der Waals surface area contributed by atoms with Crippen LogP contribution in [0.1, 0.15) is 32.8 Å². The van der Waals surface area contributed by atoms with Crippen molar-refractivity contribution in [3.63, 3.8) is 0 Å². The number of benzene rings is 3. The molecule has 0 aliphatic rings. The van der Waals surface area contributed by atoms with Crippen molar-refractivity contribution in [1.29, 1.82) is 0 Å². The number of hydrogen-bond donors (Lipinski definition) is 1. The molecule has 2 amide bonds. The van der Waals surface area contributed by atoms with E-state index in [2.05, 4.69) is 5.32 Å². The zero-order valence-electron chi connectivity index (χ0n) is 23.5. The second-order valence-electron chi connectivity index (χ2n) is 9.36. The maximum atomic E-state index is 14.0. The molecule has 214 valence electrons. The van der Waals surface area contributed by atoms with Gasteiger partial charge < -0.3 is 19.7 Å². The van der Waals surface area contributed by atoms with Crippen LogP contribution in [0, 0.1) is 0 Å². The first kappa shape index (κ1) is 30.5. The number of ether oxygens (including phenoxy) is 2. The van der Waals surface area contributed by atoms with Gasteiger partial charge in [-0.25, -0.2) is 8.42 Å². The first-order chi connectivity index (χ1) is 19.1. The van der Waals surface area contributed by atoms with E-state index >= 15 is 0 Å². The number of carbonyl (C=O) groups excluding carboxylic acids is 2. The number of hydrogen-bond acceptors (Lipinski definition) is 6. The van der Waals surface area contributed by atoms with Crippen LogP contribution in [0.3, 0.4) is 0 Å². The fraction of sp³-hybridized carbons (Fsp3) is 0.333. The van der Waals surface area contributed by atoms with Crippen LogP contribution in [0.15, 0.2) is 83.8 Å². The van der Waals surface area contributed by atoms with Gasteiger partial charge in [0, 0.05) is 18.7 Å². The van der Waals surface area contributed by atoms with Crippen LogP contribution in [-0.2, 0) is 26.2 Å². The van der Waals surface area contributed by atoms with Crippen LogP contribution >= 0.6 is 0 Å². The van der Waals surface area contributed by atoms with E-state index in [0.717, 1.165) is 16.3 Å². The van der Waals surface area contributed by atoms with Gasteiger partial charge in [0.15, 0.2) is 0 Å². The highest BCUT2D eigenvalue weighted by molar-refractivity contribution is 7.92. The molecule has 3 rings (SSSR count). The van der Waals surface area contributed by atoms with Gasteiger partial charge in [0.25, 0.3) is 10.0 Å². The Kier molecular flexibility index (Phi) is 10.6. The molecule has 0 radical (unpaired) electrons. The van der Waals surface area contributed by atoms with Crippen molar-refractivity contribution < 1.29 is 27.5 Å². The number of methoxy groups -OCH3 is 2. The third kappa shape index (κ3) is 7.32. The molecular formula is C30H37N3O6S.